The molecule has 10 heteroatoms. The highest BCUT2D eigenvalue weighted by molar-refractivity contribution is 5.85. The third-order valence-corrected chi connectivity index (χ3v) is 5.10. The molecule has 0 bridgehead atoms. The quantitative estimate of drug-likeness (QED) is 0.627. The Bertz CT molecular complexity index is 918. The average molecular weight is 418 g/mol. The molecule has 29 heavy (non-hydrogen) atoms. The van der Waals surface area contributed by atoms with E-state index in [0.29, 0.717) is 25.1 Å². The smallest absolute Gasteiger partial charge is 0.248 e. The second-order valence-electron chi connectivity index (χ2n) is 6.77. The van der Waals surface area contributed by atoms with Crippen LogP contribution in [0.5, 0.6) is 5.75 Å². The molecule has 0 aliphatic carbocycles. The van der Waals surface area contributed by atoms with Crippen LogP contribution in [0.3, 0.4) is 0 Å². The van der Waals surface area contributed by atoms with Crippen LogP contribution in [0.25, 0.3) is 5.69 Å². The Morgan fingerprint density at radius 1 is 1.28 bits per heavy atom. The summed E-state index contributed by atoms with van der Waals surface area (Å²) in [4.78, 5) is 13.1. The van der Waals surface area contributed by atoms with Gasteiger partial charge in [0.15, 0.2) is 0 Å². The SMILES string of the molecule is COc1ccc(-n2cc(CNC(=O)C3(n4cccn4)CCNCC3)nn2)cc1.Cl. The van der Waals surface area contributed by atoms with E-state index in [1.165, 1.54) is 0 Å². The van der Waals surface area contributed by atoms with Gasteiger partial charge in [-0.2, -0.15) is 5.10 Å². The van der Waals surface area contributed by atoms with Crippen molar-refractivity contribution in [1.29, 1.82) is 0 Å². The van der Waals surface area contributed by atoms with E-state index in [9.17, 15) is 4.79 Å². The zero-order chi connectivity index (χ0) is 19.4. The number of ether oxygens (including phenoxy) is 1. The summed E-state index contributed by atoms with van der Waals surface area (Å²) < 4.78 is 8.62. The summed E-state index contributed by atoms with van der Waals surface area (Å²) >= 11 is 0. The number of nitrogens with zero attached hydrogens (tertiary/aromatic N) is 5. The first-order valence-corrected chi connectivity index (χ1v) is 9.26. The highest BCUT2D eigenvalue weighted by atomic mass is 35.5. The van der Waals surface area contributed by atoms with Crippen molar-refractivity contribution in [3.05, 3.63) is 54.6 Å². The highest BCUT2D eigenvalue weighted by Crippen LogP contribution is 2.27. The molecule has 2 aromatic heterocycles. The van der Waals surface area contributed by atoms with Gasteiger partial charge in [-0.15, -0.1) is 17.5 Å². The van der Waals surface area contributed by atoms with Crippen molar-refractivity contribution in [3.63, 3.8) is 0 Å². The van der Waals surface area contributed by atoms with Crippen LogP contribution >= 0.6 is 12.4 Å². The number of aromatic nitrogens is 5. The van der Waals surface area contributed by atoms with Crippen molar-refractivity contribution < 1.29 is 9.53 Å². The number of piperidine rings is 1. The Balaban J connectivity index is 0.00000240. The standard InChI is InChI=1S/C19H23N7O2.ClH/c1-28-17-5-3-16(4-6-17)25-14-15(23-24-25)13-21-18(27)19(7-10-20-11-8-19)26-12-2-9-22-26;/h2-6,9,12,14,20H,7-8,10-11,13H2,1H3,(H,21,27);1H. The molecule has 154 valence electrons. The molecule has 1 amide bonds. The fraction of sp³-hybridized carbons (Fsp3) is 0.368. The molecule has 0 saturated carbocycles. The van der Waals surface area contributed by atoms with Crippen LogP contribution < -0.4 is 15.4 Å². The molecule has 1 aromatic carbocycles. The molecule has 1 aliphatic heterocycles. The lowest BCUT2D eigenvalue weighted by molar-refractivity contribution is -0.132. The molecule has 3 heterocycles. The van der Waals surface area contributed by atoms with Gasteiger partial charge in [-0.3, -0.25) is 9.48 Å². The lowest BCUT2D eigenvalue weighted by Crippen LogP contribution is -2.54. The Morgan fingerprint density at radius 3 is 2.69 bits per heavy atom. The van der Waals surface area contributed by atoms with Gasteiger partial charge in [0, 0.05) is 12.4 Å². The second-order valence-corrected chi connectivity index (χ2v) is 6.77. The normalized spacial score (nSPS) is 15.3. The van der Waals surface area contributed by atoms with E-state index in [2.05, 4.69) is 26.0 Å². The van der Waals surface area contributed by atoms with Crippen LogP contribution in [0.1, 0.15) is 18.5 Å². The Kier molecular flexibility index (Phi) is 6.50. The number of halogens is 1. The molecular weight excluding hydrogens is 394 g/mol. The third-order valence-electron chi connectivity index (χ3n) is 5.10. The molecule has 9 nitrogen and oxygen atoms in total. The van der Waals surface area contributed by atoms with Crippen LogP contribution in [-0.4, -0.2) is 50.9 Å². The van der Waals surface area contributed by atoms with Gasteiger partial charge in [-0.1, -0.05) is 5.21 Å². The summed E-state index contributed by atoms with van der Waals surface area (Å²) in [5, 5.41) is 19.0. The van der Waals surface area contributed by atoms with Crippen LogP contribution in [0.4, 0.5) is 0 Å². The van der Waals surface area contributed by atoms with Crippen LogP contribution in [-0.2, 0) is 16.9 Å². The van der Waals surface area contributed by atoms with Crippen LogP contribution in [0.2, 0.25) is 0 Å². The maximum atomic E-state index is 13.1. The highest BCUT2D eigenvalue weighted by Gasteiger charge is 2.41. The first kappa shape index (κ1) is 20.8. The van der Waals surface area contributed by atoms with Gasteiger partial charge in [0.25, 0.3) is 0 Å². The Morgan fingerprint density at radius 2 is 2.03 bits per heavy atom. The zero-order valence-electron chi connectivity index (χ0n) is 16.1. The molecule has 4 rings (SSSR count). The molecule has 0 spiro atoms. The average Bonchev–Trinajstić information content (AvgIpc) is 3.45. The Labute approximate surface area is 174 Å². The summed E-state index contributed by atoms with van der Waals surface area (Å²) in [6, 6.07) is 9.37. The molecule has 0 unspecified atom stereocenters. The van der Waals surface area contributed by atoms with Crippen LogP contribution in [0.15, 0.2) is 48.9 Å². The van der Waals surface area contributed by atoms with E-state index < -0.39 is 5.54 Å². The van der Waals surface area contributed by atoms with Crippen molar-refractivity contribution in [2.75, 3.05) is 20.2 Å². The van der Waals surface area contributed by atoms with Gasteiger partial charge in [0.1, 0.15) is 17.0 Å². The van der Waals surface area contributed by atoms with Crippen molar-refractivity contribution in [3.8, 4) is 11.4 Å². The largest absolute Gasteiger partial charge is 0.497 e. The van der Waals surface area contributed by atoms with Gasteiger partial charge in [0.2, 0.25) is 5.91 Å². The number of hydrogen-bond donors (Lipinski definition) is 2. The van der Waals surface area contributed by atoms with E-state index in [0.717, 1.165) is 24.5 Å². The molecular formula is C19H24ClN7O2. The summed E-state index contributed by atoms with van der Waals surface area (Å²) in [6.07, 6.45) is 6.76. The van der Waals surface area contributed by atoms with E-state index in [4.69, 9.17) is 4.74 Å². The number of rotatable bonds is 6. The molecule has 1 aliphatic rings. The predicted molar refractivity (Wildman–Crippen MR) is 109 cm³/mol. The number of amides is 1. The number of nitrogens with one attached hydrogen (secondary N) is 2. The van der Waals surface area contributed by atoms with Gasteiger partial charge >= 0.3 is 0 Å². The van der Waals surface area contributed by atoms with Crippen molar-refractivity contribution >= 4 is 18.3 Å². The molecule has 2 N–H and O–H groups in total. The molecule has 0 atom stereocenters. The van der Waals surface area contributed by atoms with Crippen molar-refractivity contribution in [2.45, 2.75) is 24.9 Å². The second kappa shape index (κ2) is 9.06. The minimum Gasteiger partial charge on any atom is -0.497 e. The summed E-state index contributed by atoms with van der Waals surface area (Å²) in [7, 11) is 1.63. The van der Waals surface area contributed by atoms with Gasteiger partial charge in [-0.05, 0) is 56.3 Å². The molecule has 0 radical (unpaired) electrons. The predicted octanol–water partition coefficient (Wildman–Crippen LogP) is 1.29. The monoisotopic (exact) mass is 417 g/mol. The number of methoxy groups -OCH3 is 1. The number of carbonyl (C=O) groups excluding carboxylic acids is 1. The van der Waals surface area contributed by atoms with Gasteiger partial charge in [0.05, 0.1) is 25.5 Å². The van der Waals surface area contributed by atoms with Crippen molar-refractivity contribution in [1.82, 2.24) is 35.4 Å². The summed E-state index contributed by atoms with van der Waals surface area (Å²) in [6.45, 7) is 1.87. The fourth-order valence-electron chi connectivity index (χ4n) is 3.50. The lowest BCUT2D eigenvalue weighted by Gasteiger charge is -2.36. The Hall–Kier alpha value is -2.91. The van der Waals surface area contributed by atoms with E-state index in [1.807, 2.05) is 42.7 Å². The van der Waals surface area contributed by atoms with E-state index in [1.54, 1.807) is 22.7 Å². The lowest BCUT2D eigenvalue weighted by atomic mass is 9.87. The molecule has 3 aromatic rings. The maximum absolute atomic E-state index is 13.1. The van der Waals surface area contributed by atoms with Crippen LogP contribution in [0, 0.1) is 0 Å². The topological polar surface area (TPSA) is 98.9 Å². The molecule has 1 fully saturated rings. The van der Waals surface area contributed by atoms with E-state index in [-0.39, 0.29) is 18.3 Å². The molecule has 1 saturated heterocycles. The first-order valence-electron chi connectivity index (χ1n) is 9.26. The van der Waals surface area contributed by atoms with E-state index >= 15 is 0 Å². The van der Waals surface area contributed by atoms with Gasteiger partial charge < -0.3 is 15.4 Å². The van der Waals surface area contributed by atoms with Gasteiger partial charge in [-0.25, -0.2) is 4.68 Å². The zero-order valence-corrected chi connectivity index (χ0v) is 16.9. The fourth-order valence-corrected chi connectivity index (χ4v) is 3.50. The first-order chi connectivity index (χ1) is 13.7. The summed E-state index contributed by atoms with van der Waals surface area (Å²) in [5.41, 5.74) is 0.895. The number of benzene rings is 1. The number of hydrogen-bond acceptors (Lipinski definition) is 6. The maximum Gasteiger partial charge on any atom is 0.248 e. The third kappa shape index (κ3) is 4.25. The van der Waals surface area contributed by atoms with Crippen molar-refractivity contribution in [2.24, 2.45) is 0 Å². The number of carbonyl (C=O) groups is 1. The minimum absolute atomic E-state index is 0. The minimum atomic E-state index is -0.666. The summed E-state index contributed by atoms with van der Waals surface area (Å²) in [5.74, 6) is 0.735.